The smallest absolute Gasteiger partial charge is 0.222 e. The van der Waals surface area contributed by atoms with Crippen LogP contribution in [0.1, 0.15) is 32.3 Å². The number of nitrogens with zero attached hydrogens (tertiary/aromatic N) is 1. The third-order valence-corrected chi connectivity index (χ3v) is 3.39. The fourth-order valence-corrected chi connectivity index (χ4v) is 2.15. The topological polar surface area (TPSA) is 38.8 Å². The Labute approximate surface area is 120 Å². The lowest BCUT2D eigenvalue weighted by molar-refractivity contribution is -0.130. The SMILES string of the molecule is CC(C)CCC(=O)N(C)Cc1ccc2c(c1)OCCO2. The molecule has 1 heterocycles. The number of hydrogen-bond acceptors (Lipinski definition) is 3. The summed E-state index contributed by atoms with van der Waals surface area (Å²) in [5.41, 5.74) is 1.06. The molecule has 0 N–H and O–H groups in total. The number of amides is 1. The molecule has 1 aromatic rings. The number of hydrogen-bond donors (Lipinski definition) is 0. The highest BCUT2D eigenvalue weighted by atomic mass is 16.6. The summed E-state index contributed by atoms with van der Waals surface area (Å²) in [5.74, 6) is 2.31. The van der Waals surface area contributed by atoms with Gasteiger partial charge < -0.3 is 14.4 Å². The van der Waals surface area contributed by atoms with Gasteiger partial charge in [0.25, 0.3) is 0 Å². The summed E-state index contributed by atoms with van der Waals surface area (Å²) in [6.07, 6.45) is 1.54. The van der Waals surface area contributed by atoms with E-state index >= 15 is 0 Å². The van der Waals surface area contributed by atoms with E-state index < -0.39 is 0 Å². The Balaban J connectivity index is 1.93. The van der Waals surface area contributed by atoms with Crippen molar-refractivity contribution in [1.29, 1.82) is 0 Å². The summed E-state index contributed by atoms with van der Waals surface area (Å²) in [4.78, 5) is 13.8. The van der Waals surface area contributed by atoms with Gasteiger partial charge in [0, 0.05) is 20.0 Å². The first-order chi connectivity index (χ1) is 9.56. The van der Waals surface area contributed by atoms with Crippen LogP contribution in [0.25, 0.3) is 0 Å². The molecule has 0 aromatic heterocycles. The molecule has 1 aromatic carbocycles. The van der Waals surface area contributed by atoms with E-state index in [-0.39, 0.29) is 5.91 Å². The molecule has 4 heteroatoms. The Morgan fingerprint density at radius 1 is 1.25 bits per heavy atom. The molecule has 2 rings (SSSR count). The molecule has 0 bridgehead atoms. The average molecular weight is 277 g/mol. The van der Waals surface area contributed by atoms with Crippen molar-refractivity contribution in [1.82, 2.24) is 4.90 Å². The monoisotopic (exact) mass is 277 g/mol. The molecule has 0 saturated carbocycles. The predicted molar refractivity (Wildman–Crippen MR) is 78.0 cm³/mol. The third kappa shape index (κ3) is 3.89. The molecular formula is C16H23NO3. The Morgan fingerprint density at radius 2 is 1.95 bits per heavy atom. The second-order valence-electron chi connectivity index (χ2n) is 5.66. The van der Waals surface area contributed by atoms with Gasteiger partial charge in [0.1, 0.15) is 13.2 Å². The Bertz CT molecular complexity index is 471. The van der Waals surface area contributed by atoms with Crippen LogP contribution in [0.15, 0.2) is 18.2 Å². The molecule has 0 saturated heterocycles. The zero-order chi connectivity index (χ0) is 14.5. The van der Waals surface area contributed by atoms with Crippen molar-refractivity contribution < 1.29 is 14.3 Å². The maximum atomic E-state index is 12.0. The van der Waals surface area contributed by atoms with E-state index in [0.29, 0.717) is 32.1 Å². The molecule has 0 radical (unpaired) electrons. The van der Waals surface area contributed by atoms with Gasteiger partial charge >= 0.3 is 0 Å². The summed E-state index contributed by atoms with van der Waals surface area (Å²) in [6, 6.07) is 5.86. The molecule has 0 atom stereocenters. The fourth-order valence-electron chi connectivity index (χ4n) is 2.15. The van der Waals surface area contributed by atoms with Crippen LogP contribution in [0.3, 0.4) is 0 Å². The van der Waals surface area contributed by atoms with Gasteiger partial charge in [-0.2, -0.15) is 0 Å². The highest BCUT2D eigenvalue weighted by Crippen LogP contribution is 2.31. The van der Waals surface area contributed by atoms with Crippen molar-refractivity contribution in [2.24, 2.45) is 5.92 Å². The van der Waals surface area contributed by atoms with Gasteiger partial charge in [-0.15, -0.1) is 0 Å². The number of benzene rings is 1. The first kappa shape index (κ1) is 14.7. The van der Waals surface area contributed by atoms with E-state index in [2.05, 4.69) is 13.8 Å². The van der Waals surface area contributed by atoms with Crippen LogP contribution in [-0.4, -0.2) is 31.1 Å². The van der Waals surface area contributed by atoms with Gasteiger partial charge in [0.2, 0.25) is 5.91 Å². The molecule has 1 aliphatic rings. The third-order valence-electron chi connectivity index (χ3n) is 3.39. The molecule has 0 unspecified atom stereocenters. The number of carbonyl (C=O) groups excluding carboxylic acids is 1. The second-order valence-corrected chi connectivity index (χ2v) is 5.66. The van der Waals surface area contributed by atoms with Crippen LogP contribution in [0, 0.1) is 5.92 Å². The molecule has 20 heavy (non-hydrogen) atoms. The van der Waals surface area contributed by atoms with Crippen molar-refractivity contribution >= 4 is 5.91 Å². The predicted octanol–water partition coefficient (Wildman–Crippen LogP) is 2.85. The summed E-state index contributed by atoms with van der Waals surface area (Å²) in [6.45, 7) is 6.05. The molecule has 0 spiro atoms. The number of carbonyl (C=O) groups is 1. The summed E-state index contributed by atoms with van der Waals surface area (Å²) < 4.78 is 11.0. The number of fused-ring (bicyclic) bond motifs is 1. The number of rotatable bonds is 5. The van der Waals surface area contributed by atoms with Gasteiger partial charge in [-0.05, 0) is 30.0 Å². The highest BCUT2D eigenvalue weighted by Gasteiger charge is 2.14. The Hall–Kier alpha value is -1.71. The summed E-state index contributed by atoms with van der Waals surface area (Å²) in [7, 11) is 1.85. The van der Waals surface area contributed by atoms with Crippen molar-refractivity contribution in [2.75, 3.05) is 20.3 Å². The van der Waals surface area contributed by atoms with E-state index in [0.717, 1.165) is 23.5 Å². The zero-order valence-corrected chi connectivity index (χ0v) is 12.5. The van der Waals surface area contributed by atoms with Gasteiger partial charge in [-0.3, -0.25) is 4.79 Å². The molecule has 0 fully saturated rings. The van der Waals surface area contributed by atoms with Crippen LogP contribution in [0.4, 0.5) is 0 Å². The lowest BCUT2D eigenvalue weighted by Crippen LogP contribution is -2.26. The minimum absolute atomic E-state index is 0.189. The molecule has 4 nitrogen and oxygen atoms in total. The lowest BCUT2D eigenvalue weighted by atomic mass is 10.1. The van der Waals surface area contributed by atoms with Gasteiger partial charge in [0.05, 0.1) is 0 Å². The van der Waals surface area contributed by atoms with Crippen LogP contribution < -0.4 is 9.47 Å². The van der Waals surface area contributed by atoms with Gasteiger partial charge in [0.15, 0.2) is 11.5 Å². The molecule has 0 aliphatic carbocycles. The zero-order valence-electron chi connectivity index (χ0n) is 12.5. The van der Waals surface area contributed by atoms with Crippen molar-refractivity contribution in [3.8, 4) is 11.5 Å². The Kier molecular flexibility index (Phi) is 4.88. The first-order valence-corrected chi connectivity index (χ1v) is 7.18. The lowest BCUT2D eigenvalue weighted by Gasteiger charge is -2.21. The first-order valence-electron chi connectivity index (χ1n) is 7.18. The van der Waals surface area contributed by atoms with E-state index in [1.807, 2.05) is 25.2 Å². The van der Waals surface area contributed by atoms with Crippen LogP contribution in [0.5, 0.6) is 11.5 Å². The normalized spacial score (nSPS) is 13.4. The average Bonchev–Trinajstić information content (AvgIpc) is 2.44. The van der Waals surface area contributed by atoms with Crippen LogP contribution in [0.2, 0.25) is 0 Å². The number of ether oxygens (including phenoxy) is 2. The molecular weight excluding hydrogens is 254 g/mol. The Morgan fingerprint density at radius 3 is 2.65 bits per heavy atom. The van der Waals surface area contributed by atoms with E-state index in [1.165, 1.54) is 0 Å². The van der Waals surface area contributed by atoms with Gasteiger partial charge in [-0.1, -0.05) is 19.9 Å². The highest BCUT2D eigenvalue weighted by molar-refractivity contribution is 5.75. The fraction of sp³-hybridized carbons (Fsp3) is 0.562. The maximum absolute atomic E-state index is 12.0. The van der Waals surface area contributed by atoms with Gasteiger partial charge in [-0.25, -0.2) is 0 Å². The maximum Gasteiger partial charge on any atom is 0.222 e. The molecule has 1 aliphatic heterocycles. The minimum Gasteiger partial charge on any atom is -0.486 e. The molecule has 1 amide bonds. The largest absolute Gasteiger partial charge is 0.486 e. The van der Waals surface area contributed by atoms with Crippen molar-refractivity contribution in [2.45, 2.75) is 33.2 Å². The van der Waals surface area contributed by atoms with Crippen molar-refractivity contribution in [3.63, 3.8) is 0 Å². The molecule has 110 valence electrons. The quantitative estimate of drug-likeness (QED) is 0.830. The minimum atomic E-state index is 0.189. The van der Waals surface area contributed by atoms with E-state index in [4.69, 9.17) is 9.47 Å². The summed E-state index contributed by atoms with van der Waals surface area (Å²) in [5, 5.41) is 0. The van der Waals surface area contributed by atoms with Crippen LogP contribution >= 0.6 is 0 Å². The summed E-state index contributed by atoms with van der Waals surface area (Å²) >= 11 is 0. The van der Waals surface area contributed by atoms with E-state index in [9.17, 15) is 4.79 Å². The van der Waals surface area contributed by atoms with Crippen molar-refractivity contribution in [3.05, 3.63) is 23.8 Å². The second kappa shape index (κ2) is 6.64. The standard InChI is InChI=1S/C16H23NO3/c1-12(2)4-7-16(18)17(3)11-13-5-6-14-15(10-13)20-9-8-19-14/h5-6,10,12H,4,7-9,11H2,1-3H3. The van der Waals surface area contributed by atoms with E-state index in [1.54, 1.807) is 4.90 Å². The van der Waals surface area contributed by atoms with Crippen LogP contribution in [-0.2, 0) is 11.3 Å².